The molecule has 0 bridgehead atoms. The molecule has 138 valence electrons. The normalized spacial score (nSPS) is 12.9. The first-order valence-corrected chi connectivity index (χ1v) is 8.96. The van der Waals surface area contributed by atoms with Gasteiger partial charge in [-0.1, -0.05) is 61.0 Å². The molecular formula is C20H24ClN3O2. The van der Waals surface area contributed by atoms with E-state index in [-0.39, 0.29) is 24.2 Å². The third-order valence-corrected chi connectivity index (χ3v) is 4.39. The van der Waals surface area contributed by atoms with E-state index in [2.05, 4.69) is 10.6 Å². The number of hydrogen-bond donors (Lipinski definition) is 3. The number of halogens is 1. The molecule has 2 amide bonds. The summed E-state index contributed by atoms with van der Waals surface area (Å²) in [6.07, 6.45) is 0.136. The summed E-state index contributed by atoms with van der Waals surface area (Å²) >= 11 is 6.10. The maximum atomic E-state index is 12.6. The van der Waals surface area contributed by atoms with Gasteiger partial charge in [-0.25, -0.2) is 0 Å². The summed E-state index contributed by atoms with van der Waals surface area (Å²) in [5.74, 6) is -0.252. The number of nitrogens with one attached hydrogen (secondary N) is 2. The Morgan fingerprint density at radius 2 is 1.73 bits per heavy atom. The van der Waals surface area contributed by atoms with Crippen LogP contribution in [-0.2, 0) is 4.79 Å². The van der Waals surface area contributed by atoms with E-state index < -0.39 is 6.04 Å². The van der Waals surface area contributed by atoms with Crippen LogP contribution in [0, 0.1) is 5.92 Å². The lowest BCUT2D eigenvalue weighted by Gasteiger charge is -2.20. The molecule has 0 aliphatic carbocycles. The number of rotatable bonds is 8. The van der Waals surface area contributed by atoms with Gasteiger partial charge < -0.3 is 16.4 Å². The molecule has 0 radical (unpaired) electrons. The molecule has 2 aromatic carbocycles. The zero-order valence-corrected chi connectivity index (χ0v) is 15.5. The van der Waals surface area contributed by atoms with Gasteiger partial charge in [-0.3, -0.25) is 9.59 Å². The van der Waals surface area contributed by atoms with Crippen LogP contribution in [0.2, 0.25) is 5.02 Å². The molecule has 2 unspecified atom stereocenters. The van der Waals surface area contributed by atoms with E-state index in [4.69, 9.17) is 17.3 Å². The number of hydrogen-bond acceptors (Lipinski definition) is 3. The first-order chi connectivity index (χ1) is 12.5. The van der Waals surface area contributed by atoms with Crippen molar-refractivity contribution in [3.05, 3.63) is 70.7 Å². The summed E-state index contributed by atoms with van der Waals surface area (Å²) in [7, 11) is 0. The third kappa shape index (κ3) is 5.86. The Kier molecular flexibility index (Phi) is 7.63. The largest absolute Gasteiger partial charge is 0.356 e. The molecule has 0 heterocycles. The van der Waals surface area contributed by atoms with Crippen LogP contribution in [0.5, 0.6) is 0 Å². The lowest BCUT2D eigenvalue weighted by molar-refractivity contribution is -0.121. The van der Waals surface area contributed by atoms with Crippen molar-refractivity contribution in [2.45, 2.75) is 19.4 Å². The molecule has 0 aromatic heterocycles. The Bertz CT molecular complexity index is 737. The van der Waals surface area contributed by atoms with Gasteiger partial charge in [0.2, 0.25) is 5.91 Å². The van der Waals surface area contributed by atoms with Gasteiger partial charge in [0, 0.05) is 6.54 Å². The van der Waals surface area contributed by atoms with Crippen LogP contribution in [0.1, 0.15) is 35.3 Å². The predicted octanol–water partition coefficient (Wildman–Crippen LogP) is 2.91. The van der Waals surface area contributed by atoms with Crippen molar-refractivity contribution in [1.29, 1.82) is 0 Å². The minimum Gasteiger partial charge on any atom is -0.356 e. The molecule has 2 aromatic rings. The van der Waals surface area contributed by atoms with E-state index in [0.29, 0.717) is 23.7 Å². The summed E-state index contributed by atoms with van der Waals surface area (Å²) in [6.45, 7) is 2.98. The molecule has 0 spiro atoms. The highest BCUT2D eigenvalue weighted by atomic mass is 35.5. The van der Waals surface area contributed by atoms with Gasteiger partial charge in [0.25, 0.3) is 5.91 Å². The Morgan fingerprint density at radius 3 is 2.38 bits per heavy atom. The fourth-order valence-corrected chi connectivity index (χ4v) is 2.67. The number of carbonyl (C=O) groups excluding carboxylic acids is 2. The van der Waals surface area contributed by atoms with Crippen molar-refractivity contribution in [3.8, 4) is 0 Å². The highest BCUT2D eigenvalue weighted by Gasteiger charge is 2.20. The maximum absolute atomic E-state index is 12.6. The van der Waals surface area contributed by atoms with E-state index in [9.17, 15) is 9.59 Å². The van der Waals surface area contributed by atoms with Crippen molar-refractivity contribution in [3.63, 3.8) is 0 Å². The zero-order chi connectivity index (χ0) is 18.9. The quantitative estimate of drug-likeness (QED) is 0.665. The standard InChI is InChI=1S/C20H24ClN3O2/c1-14(12-22)13-23-19(25)11-18(15-7-3-2-4-8-15)24-20(26)16-9-5-6-10-17(16)21/h2-10,14,18H,11-13,22H2,1H3,(H,23,25)(H,24,26). The second-order valence-electron chi connectivity index (χ2n) is 6.27. The molecule has 2 atom stereocenters. The molecule has 2 rings (SSSR count). The molecule has 0 aliphatic rings. The SMILES string of the molecule is CC(CN)CNC(=O)CC(NC(=O)c1ccccc1Cl)c1ccccc1. The third-order valence-electron chi connectivity index (χ3n) is 4.07. The second-order valence-corrected chi connectivity index (χ2v) is 6.67. The lowest BCUT2D eigenvalue weighted by Crippen LogP contribution is -2.36. The van der Waals surface area contributed by atoms with Gasteiger partial charge in [0.1, 0.15) is 0 Å². The molecule has 0 aliphatic heterocycles. The molecule has 5 nitrogen and oxygen atoms in total. The average Bonchev–Trinajstić information content (AvgIpc) is 2.66. The number of carbonyl (C=O) groups is 2. The van der Waals surface area contributed by atoms with Gasteiger partial charge in [-0.2, -0.15) is 0 Å². The number of benzene rings is 2. The first-order valence-electron chi connectivity index (χ1n) is 8.58. The van der Waals surface area contributed by atoms with Gasteiger partial charge in [0.15, 0.2) is 0 Å². The molecule has 0 saturated heterocycles. The molecule has 0 fully saturated rings. The summed E-state index contributed by atoms with van der Waals surface area (Å²) in [4.78, 5) is 24.9. The number of amides is 2. The van der Waals surface area contributed by atoms with Crippen molar-refractivity contribution >= 4 is 23.4 Å². The van der Waals surface area contributed by atoms with Crippen molar-refractivity contribution in [1.82, 2.24) is 10.6 Å². The highest BCUT2D eigenvalue weighted by Crippen LogP contribution is 2.20. The van der Waals surface area contributed by atoms with Crippen molar-refractivity contribution in [2.24, 2.45) is 11.7 Å². The van der Waals surface area contributed by atoms with Crippen LogP contribution in [0.15, 0.2) is 54.6 Å². The Hall–Kier alpha value is -2.37. The summed E-state index contributed by atoms with van der Waals surface area (Å²) < 4.78 is 0. The van der Waals surface area contributed by atoms with Crippen LogP contribution in [-0.4, -0.2) is 24.9 Å². The Morgan fingerprint density at radius 1 is 1.08 bits per heavy atom. The molecule has 0 saturated carbocycles. The van der Waals surface area contributed by atoms with E-state index in [1.54, 1.807) is 24.3 Å². The van der Waals surface area contributed by atoms with Crippen LogP contribution < -0.4 is 16.4 Å². The Labute approximate surface area is 158 Å². The lowest BCUT2D eigenvalue weighted by atomic mass is 10.0. The van der Waals surface area contributed by atoms with Gasteiger partial charge in [0.05, 0.1) is 23.0 Å². The van der Waals surface area contributed by atoms with Gasteiger partial charge in [-0.05, 0) is 30.2 Å². The fourth-order valence-electron chi connectivity index (χ4n) is 2.45. The summed E-state index contributed by atoms with van der Waals surface area (Å²) in [6, 6.07) is 15.8. The van der Waals surface area contributed by atoms with Gasteiger partial charge in [-0.15, -0.1) is 0 Å². The monoisotopic (exact) mass is 373 g/mol. The highest BCUT2D eigenvalue weighted by molar-refractivity contribution is 6.33. The summed E-state index contributed by atoms with van der Waals surface area (Å²) in [5, 5.41) is 6.15. The molecular weight excluding hydrogens is 350 g/mol. The van der Waals surface area contributed by atoms with Crippen LogP contribution in [0.4, 0.5) is 0 Å². The smallest absolute Gasteiger partial charge is 0.253 e. The van der Waals surface area contributed by atoms with Crippen LogP contribution in [0.25, 0.3) is 0 Å². The van der Waals surface area contributed by atoms with E-state index in [0.717, 1.165) is 5.56 Å². The fraction of sp³-hybridized carbons (Fsp3) is 0.300. The summed E-state index contributed by atoms with van der Waals surface area (Å²) in [5.41, 5.74) is 6.81. The predicted molar refractivity (Wildman–Crippen MR) is 104 cm³/mol. The number of nitrogens with two attached hydrogens (primary N) is 1. The Balaban J connectivity index is 2.11. The second kappa shape index (κ2) is 9.94. The average molecular weight is 374 g/mol. The van der Waals surface area contributed by atoms with E-state index in [1.165, 1.54) is 0 Å². The van der Waals surface area contributed by atoms with E-state index in [1.807, 2.05) is 37.3 Å². The first kappa shape index (κ1) is 19.9. The van der Waals surface area contributed by atoms with Crippen molar-refractivity contribution < 1.29 is 9.59 Å². The minimum atomic E-state index is -0.451. The van der Waals surface area contributed by atoms with Crippen LogP contribution >= 0.6 is 11.6 Å². The zero-order valence-electron chi connectivity index (χ0n) is 14.7. The minimum absolute atomic E-state index is 0.136. The topological polar surface area (TPSA) is 84.2 Å². The van der Waals surface area contributed by atoms with E-state index >= 15 is 0 Å². The molecule has 4 N–H and O–H groups in total. The maximum Gasteiger partial charge on any atom is 0.253 e. The molecule has 6 heteroatoms. The molecule has 26 heavy (non-hydrogen) atoms. The van der Waals surface area contributed by atoms with Crippen LogP contribution in [0.3, 0.4) is 0 Å². The van der Waals surface area contributed by atoms with Gasteiger partial charge >= 0.3 is 0 Å². The van der Waals surface area contributed by atoms with Crippen molar-refractivity contribution in [2.75, 3.05) is 13.1 Å².